The molecule has 2 saturated heterocycles. The predicted octanol–water partition coefficient (Wildman–Crippen LogP) is 0.493. The summed E-state index contributed by atoms with van der Waals surface area (Å²) in [5.41, 5.74) is 4.99. The van der Waals surface area contributed by atoms with Gasteiger partial charge >= 0.3 is 0 Å². The Kier molecular flexibility index (Phi) is 4.08. The molecule has 0 aromatic heterocycles. The highest BCUT2D eigenvalue weighted by Gasteiger charge is 2.51. The first kappa shape index (κ1) is 13.3. The molecule has 4 heteroatoms. The van der Waals surface area contributed by atoms with E-state index in [4.69, 9.17) is 10.5 Å². The summed E-state index contributed by atoms with van der Waals surface area (Å²) in [6.45, 7) is 5.85. The molecular formula is C13H26N2O2. The molecular weight excluding hydrogens is 216 g/mol. The van der Waals surface area contributed by atoms with Gasteiger partial charge in [0.15, 0.2) is 0 Å². The van der Waals surface area contributed by atoms with E-state index in [1.165, 1.54) is 0 Å². The van der Waals surface area contributed by atoms with Crippen LogP contribution in [-0.4, -0.2) is 43.6 Å². The minimum atomic E-state index is -0.727. The third-order valence-corrected chi connectivity index (χ3v) is 4.88. The van der Waals surface area contributed by atoms with Crippen molar-refractivity contribution in [3.63, 3.8) is 0 Å². The van der Waals surface area contributed by atoms with Gasteiger partial charge in [-0.3, -0.25) is 0 Å². The molecule has 17 heavy (non-hydrogen) atoms. The second kappa shape index (κ2) is 5.22. The van der Waals surface area contributed by atoms with E-state index in [9.17, 15) is 5.11 Å². The number of rotatable bonds is 3. The second-order valence-corrected chi connectivity index (χ2v) is 5.83. The average molecular weight is 242 g/mol. The molecule has 4 N–H and O–H groups in total. The van der Waals surface area contributed by atoms with E-state index < -0.39 is 5.60 Å². The zero-order valence-electron chi connectivity index (χ0n) is 10.9. The van der Waals surface area contributed by atoms with Crippen LogP contribution in [0.15, 0.2) is 0 Å². The van der Waals surface area contributed by atoms with Crippen LogP contribution >= 0.6 is 0 Å². The standard InChI is InChI=1S/C13H26N2O2/c1-12(16,11-4-2-6-15-8-11)13(9-14)5-3-7-17-10-13/h11,15-16H,2-10,14H2,1H3. The van der Waals surface area contributed by atoms with Gasteiger partial charge in [0.25, 0.3) is 0 Å². The smallest absolute Gasteiger partial charge is 0.0749 e. The number of aliphatic hydroxyl groups is 1. The Hall–Kier alpha value is -0.160. The van der Waals surface area contributed by atoms with Crippen LogP contribution in [0.2, 0.25) is 0 Å². The van der Waals surface area contributed by atoms with Gasteiger partial charge in [-0.05, 0) is 39.2 Å². The van der Waals surface area contributed by atoms with Gasteiger partial charge in [-0.2, -0.15) is 0 Å². The molecule has 2 aliphatic rings. The van der Waals surface area contributed by atoms with Crippen molar-refractivity contribution in [2.45, 2.75) is 38.2 Å². The molecule has 2 heterocycles. The molecule has 0 radical (unpaired) electrons. The van der Waals surface area contributed by atoms with Crippen molar-refractivity contribution in [2.24, 2.45) is 17.1 Å². The monoisotopic (exact) mass is 242 g/mol. The van der Waals surface area contributed by atoms with Crippen molar-refractivity contribution in [3.8, 4) is 0 Å². The van der Waals surface area contributed by atoms with E-state index in [-0.39, 0.29) is 5.41 Å². The van der Waals surface area contributed by atoms with Crippen molar-refractivity contribution < 1.29 is 9.84 Å². The lowest BCUT2D eigenvalue weighted by Gasteiger charge is -2.51. The first-order chi connectivity index (χ1) is 8.12. The molecule has 0 bridgehead atoms. The molecule has 0 spiro atoms. The number of hydrogen-bond donors (Lipinski definition) is 3. The van der Waals surface area contributed by atoms with Crippen LogP contribution in [0.3, 0.4) is 0 Å². The molecule has 100 valence electrons. The van der Waals surface area contributed by atoms with Crippen molar-refractivity contribution in [3.05, 3.63) is 0 Å². The Morgan fingerprint density at radius 3 is 2.88 bits per heavy atom. The summed E-state index contributed by atoms with van der Waals surface area (Å²) in [6, 6.07) is 0. The zero-order chi connectivity index (χ0) is 12.4. The number of nitrogens with one attached hydrogen (secondary N) is 1. The fraction of sp³-hybridized carbons (Fsp3) is 1.00. The fourth-order valence-corrected chi connectivity index (χ4v) is 3.38. The normalized spacial score (nSPS) is 38.6. The van der Waals surface area contributed by atoms with Crippen LogP contribution in [0.4, 0.5) is 0 Å². The van der Waals surface area contributed by atoms with E-state index in [2.05, 4.69) is 5.32 Å². The summed E-state index contributed by atoms with van der Waals surface area (Å²) in [5.74, 6) is 0.293. The fourth-order valence-electron chi connectivity index (χ4n) is 3.38. The molecule has 4 nitrogen and oxygen atoms in total. The third-order valence-electron chi connectivity index (χ3n) is 4.88. The van der Waals surface area contributed by atoms with Gasteiger partial charge in [-0.15, -0.1) is 0 Å². The van der Waals surface area contributed by atoms with Gasteiger partial charge in [0.2, 0.25) is 0 Å². The van der Waals surface area contributed by atoms with Gasteiger partial charge in [0.05, 0.1) is 12.2 Å². The summed E-state index contributed by atoms with van der Waals surface area (Å²) in [6.07, 6.45) is 4.21. The number of ether oxygens (including phenoxy) is 1. The highest BCUT2D eigenvalue weighted by atomic mass is 16.5. The Balaban J connectivity index is 2.14. The predicted molar refractivity (Wildman–Crippen MR) is 67.8 cm³/mol. The molecule has 0 saturated carbocycles. The zero-order valence-corrected chi connectivity index (χ0v) is 10.9. The Labute approximate surface area is 104 Å². The summed E-state index contributed by atoms with van der Waals surface area (Å²) >= 11 is 0. The van der Waals surface area contributed by atoms with Gasteiger partial charge in [0.1, 0.15) is 0 Å². The van der Waals surface area contributed by atoms with Gasteiger partial charge in [-0.1, -0.05) is 0 Å². The highest BCUT2D eigenvalue weighted by Crippen LogP contribution is 2.44. The minimum absolute atomic E-state index is 0.255. The quantitative estimate of drug-likeness (QED) is 0.674. The number of nitrogens with two attached hydrogens (primary N) is 1. The van der Waals surface area contributed by atoms with Gasteiger partial charge in [0, 0.05) is 31.0 Å². The van der Waals surface area contributed by atoms with Crippen LogP contribution in [0.5, 0.6) is 0 Å². The molecule has 2 aliphatic heterocycles. The van der Waals surface area contributed by atoms with Crippen LogP contribution in [0.1, 0.15) is 32.6 Å². The summed E-state index contributed by atoms with van der Waals surface area (Å²) in [7, 11) is 0. The van der Waals surface area contributed by atoms with E-state index in [0.717, 1.165) is 45.4 Å². The first-order valence-corrected chi connectivity index (χ1v) is 6.83. The molecule has 2 rings (SSSR count). The van der Waals surface area contributed by atoms with Crippen molar-refractivity contribution in [2.75, 3.05) is 32.8 Å². The number of piperidine rings is 1. The first-order valence-electron chi connectivity index (χ1n) is 6.83. The maximum absolute atomic E-state index is 11.0. The van der Waals surface area contributed by atoms with E-state index >= 15 is 0 Å². The summed E-state index contributed by atoms with van der Waals surface area (Å²) in [5, 5.41) is 14.4. The molecule has 0 aromatic carbocycles. The Morgan fingerprint density at radius 2 is 2.35 bits per heavy atom. The third kappa shape index (κ3) is 2.36. The van der Waals surface area contributed by atoms with Gasteiger partial charge in [-0.25, -0.2) is 0 Å². The molecule has 0 aromatic rings. The van der Waals surface area contributed by atoms with Crippen molar-refractivity contribution in [1.82, 2.24) is 5.32 Å². The van der Waals surface area contributed by atoms with Crippen molar-refractivity contribution in [1.29, 1.82) is 0 Å². The van der Waals surface area contributed by atoms with Gasteiger partial charge < -0.3 is 20.9 Å². The maximum atomic E-state index is 11.0. The van der Waals surface area contributed by atoms with E-state index in [1.807, 2.05) is 6.92 Å². The SMILES string of the molecule is CC(O)(C1CCCNC1)C1(CN)CCCOC1. The van der Waals surface area contributed by atoms with Crippen molar-refractivity contribution >= 4 is 0 Å². The lowest BCUT2D eigenvalue weighted by atomic mass is 9.62. The van der Waals surface area contributed by atoms with E-state index in [0.29, 0.717) is 19.1 Å². The van der Waals surface area contributed by atoms with Crippen LogP contribution in [0, 0.1) is 11.3 Å². The second-order valence-electron chi connectivity index (χ2n) is 5.83. The molecule has 3 unspecified atom stereocenters. The Bertz CT molecular complexity index is 244. The minimum Gasteiger partial charge on any atom is -0.389 e. The van der Waals surface area contributed by atoms with Crippen LogP contribution in [-0.2, 0) is 4.74 Å². The summed E-state index contributed by atoms with van der Waals surface area (Å²) < 4.78 is 5.59. The molecule has 2 fully saturated rings. The average Bonchev–Trinajstić information content (AvgIpc) is 2.40. The van der Waals surface area contributed by atoms with E-state index in [1.54, 1.807) is 0 Å². The largest absolute Gasteiger partial charge is 0.389 e. The van der Waals surface area contributed by atoms with Crippen LogP contribution < -0.4 is 11.1 Å². The molecule has 0 amide bonds. The van der Waals surface area contributed by atoms with Crippen LogP contribution in [0.25, 0.3) is 0 Å². The number of hydrogen-bond acceptors (Lipinski definition) is 4. The Morgan fingerprint density at radius 1 is 1.53 bits per heavy atom. The maximum Gasteiger partial charge on any atom is 0.0749 e. The lowest BCUT2D eigenvalue weighted by Crippen LogP contribution is -2.61. The highest BCUT2D eigenvalue weighted by molar-refractivity contribution is 5.03. The topological polar surface area (TPSA) is 67.5 Å². The lowest BCUT2D eigenvalue weighted by molar-refractivity contribution is -0.164. The summed E-state index contributed by atoms with van der Waals surface area (Å²) in [4.78, 5) is 0. The molecule has 3 atom stereocenters. The molecule has 0 aliphatic carbocycles.